The highest BCUT2D eigenvalue weighted by Crippen LogP contribution is 2.38. The number of hydrogen-bond donors (Lipinski definition) is 2. The number of guanidine groups is 1. The van der Waals surface area contributed by atoms with Crippen LogP contribution in [-0.4, -0.2) is 20.4 Å². The van der Waals surface area contributed by atoms with Crippen LogP contribution in [0.2, 0.25) is 0 Å². The van der Waals surface area contributed by atoms with Crippen LogP contribution < -0.4 is 10.6 Å². The van der Waals surface area contributed by atoms with Gasteiger partial charge in [0.2, 0.25) is 5.96 Å². The van der Waals surface area contributed by atoms with Crippen LogP contribution in [0.1, 0.15) is 24.3 Å². The second kappa shape index (κ2) is 4.26. The fraction of sp³-hybridized carbons (Fsp3) is 0.400. The topological polar surface area (TPSA) is 94.3 Å². The molecule has 0 amide bonds. The van der Waals surface area contributed by atoms with E-state index in [0.717, 1.165) is 11.3 Å². The Labute approximate surface area is 109 Å². The SMILES string of the molecule is Cc1c(C#N)sc2c1NC(NC(C)C)=NS2(=O)=O. The second-order valence-corrected chi connectivity index (χ2v) is 6.99. The Bertz CT molecular complexity index is 665. The van der Waals surface area contributed by atoms with Crippen LogP contribution in [0.15, 0.2) is 8.61 Å². The Morgan fingerprint density at radius 1 is 1.50 bits per heavy atom. The summed E-state index contributed by atoms with van der Waals surface area (Å²) in [6, 6.07) is 2.05. The van der Waals surface area contributed by atoms with E-state index < -0.39 is 10.0 Å². The minimum atomic E-state index is -3.72. The minimum absolute atomic E-state index is 0.0578. The van der Waals surface area contributed by atoms with Gasteiger partial charge in [-0.3, -0.25) is 0 Å². The van der Waals surface area contributed by atoms with E-state index >= 15 is 0 Å². The van der Waals surface area contributed by atoms with Crippen molar-refractivity contribution in [3.63, 3.8) is 0 Å². The molecule has 0 saturated heterocycles. The molecular weight excluding hydrogens is 272 g/mol. The van der Waals surface area contributed by atoms with Crippen LogP contribution in [0.3, 0.4) is 0 Å². The predicted molar refractivity (Wildman–Crippen MR) is 70.3 cm³/mol. The lowest BCUT2D eigenvalue weighted by Gasteiger charge is -2.18. The first-order chi connectivity index (χ1) is 8.35. The molecule has 1 aliphatic heterocycles. The van der Waals surface area contributed by atoms with Crippen molar-refractivity contribution in [3.8, 4) is 6.07 Å². The van der Waals surface area contributed by atoms with Crippen molar-refractivity contribution >= 4 is 33.0 Å². The first-order valence-electron chi connectivity index (χ1n) is 5.27. The minimum Gasteiger partial charge on any atom is -0.353 e. The Morgan fingerprint density at radius 3 is 2.72 bits per heavy atom. The van der Waals surface area contributed by atoms with Crippen molar-refractivity contribution in [2.24, 2.45) is 4.40 Å². The van der Waals surface area contributed by atoms with Gasteiger partial charge < -0.3 is 10.6 Å². The largest absolute Gasteiger partial charge is 0.353 e. The van der Waals surface area contributed by atoms with Crippen molar-refractivity contribution in [3.05, 3.63) is 10.4 Å². The van der Waals surface area contributed by atoms with Crippen LogP contribution in [0.5, 0.6) is 0 Å². The summed E-state index contributed by atoms with van der Waals surface area (Å²) in [7, 11) is -3.72. The average Bonchev–Trinajstić information content (AvgIpc) is 2.55. The Hall–Kier alpha value is -1.59. The number of fused-ring (bicyclic) bond motifs is 1. The normalized spacial score (nSPS) is 16.5. The number of nitrogens with zero attached hydrogens (tertiary/aromatic N) is 2. The van der Waals surface area contributed by atoms with E-state index in [0.29, 0.717) is 16.1 Å². The van der Waals surface area contributed by atoms with Crippen LogP contribution in [0, 0.1) is 18.3 Å². The van der Waals surface area contributed by atoms with Gasteiger partial charge in [-0.15, -0.1) is 15.7 Å². The number of sulfonamides is 1. The van der Waals surface area contributed by atoms with Gasteiger partial charge in [-0.1, -0.05) is 0 Å². The molecule has 0 saturated carbocycles. The first kappa shape index (κ1) is 12.9. The third-order valence-electron chi connectivity index (χ3n) is 2.33. The maximum Gasteiger partial charge on any atom is 0.297 e. The van der Waals surface area contributed by atoms with Crippen molar-refractivity contribution < 1.29 is 8.42 Å². The lowest BCUT2D eigenvalue weighted by molar-refractivity contribution is 0.599. The van der Waals surface area contributed by atoms with Gasteiger partial charge in [0.05, 0.1) is 5.69 Å². The monoisotopic (exact) mass is 284 g/mol. The van der Waals surface area contributed by atoms with Gasteiger partial charge in [-0.25, -0.2) is 0 Å². The molecule has 0 fully saturated rings. The summed E-state index contributed by atoms with van der Waals surface area (Å²) in [5.41, 5.74) is 1.09. The highest BCUT2D eigenvalue weighted by Gasteiger charge is 2.30. The molecule has 2 heterocycles. The molecule has 96 valence electrons. The van der Waals surface area contributed by atoms with Crippen LogP contribution in [0.4, 0.5) is 5.69 Å². The average molecular weight is 284 g/mol. The summed E-state index contributed by atoms with van der Waals surface area (Å²) < 4.78 is 27.7. The maximum atomic E-state index is 12.0. The fourth-order valence-corrected chi connectivity index (χ4v) is 4.02. The number of rotatable bonds is 1. The lowest BCUT2D eigenvalue weighted by Crippen LogP contribution is -2.38. The number of hydrogen-bond acceptors (Lipinski definition) is 6. The predicted octanol–water partition coefficient (Wildman–Crippen LogP) is 1.40. The van der Waals surface area contributed by atoms with Crippen molar-refractivity contribution in [2.45, 2.75) is 31.0 Å². The molecule has 2 N–H and O–H groups in total. The van der Waals surface area contributed by atoms with E-state index in [1.165, 1.54) is 0 Å². The third-order valence-corrected chi connectivity index (χ3v) is 5.30. The molecule has 0 spiro atoms. The van der Waals surface area contributed by atoms with Crippen LogP contribution in [-0.2, 0) is 10.0 Å². The van der Waals surface area contributed by atoms with Gasteiger partial charge in [0.1, 0.15) is 10.9 Å². The summed E-state index contributed by atoms with van der Waals surface area (Å²) in [4.78, 5) is 0.386. The van der Waals surface area contributed by atoms with E-state index in [1.807, 2.05) is 19.9 Å². The number of thiophene rings is 1. The highest BCUT2D eigenvalue weighted by atomic mass is 32.2. The van der Waals surface area contributed by atoms with Gasteiger partial charge >= 0.3 is 0 Å². The van der Waals surface area contributed by atoms with E-state index in [-0.39, 0.29) is 16.2 Å². The molecule has 0 atom stereocenters. The van der Waals surface area contributed by atoms with Crippen LogP contribution >= 0.6 is 11.3 Å². The molecule has 1 aliphatic rings. The summed E-state index contributed by atoms with van der Waals surface area (Å²) in [6.07, 6.45) is 0. The Morgan fingerprint density at radius 2 is 2.17 bits per heavy atom. The van der Waals surface area contributed by atoms with E-state index in [1.54, 1.807) is 6.92 Å². The summed E-state index contributed by atoms with van der Waals surface area (Å²) >= 11 is 0.943. The second-order valence-electron chi connectivity index (χ2n) is 4.17. The molecule has 0 unspecified atom stereocenters. The zero-order valence-corrected chi connectivity index (χ0v) is 11.7. The Balaban J connectivity index is 2.54. The molecule has 0 bridgehead atoms. The van der Waals surface area contributed by atoms with Gasteiger partial charge in [-0.2, -0.15) is 13.7 Å². The molecule has 1 aromatic rings. The highest BCUT2D eigenvalue weighted by molar-refractivity contribution is 7.92. The fourth-order valence-electron chi connectivity index (χ4n) is 1.56. The molecule has 1 aromatic heterocycles. The number of nitrogens with one attached hydrogen (secondary N) is 2. The van der Waals surface area contributed by atoms with Crippen molar-refractivity contribution in [1.29, 1.82) is 5.26 Å². The molecule has 0 aliphatic carbocycles. The Kier molecular flexibility index (Phi) is 3.04. The zero-order chi connectivity index (χ0) is 13.5. The summed E-state index contributed by atoms with van der Waals surface area (Å²) in [5.74, 6) is 0.197. The first-order valence-corrected chi connectivity index (χ1v) is 7.53. The number of anilines is 1. The maximum absolute atomic E-state index is 12.0. The molecular formula is C10H12N4O2S2. The van der Waals surface area contributed by atoms with Crippen LogP contribution in [0.25, 0.3) is 0 Å². The zero-order valence-electron chi connectivity index (χ0n) is 10.1. The smallest absolute Gasteiger partial charge is 0.297 e. The van der Waals surface area contributed by atoms with E-state index in [2.05, 4.69) is 15.0 Å². The van der Waals surface area contributed by atoms with Gasteiger partial charge in [0.25, 0.3) is 10.0 Å². The molecule has 0 radical (unpaired) electrons. The van der Waals surface area contributed by atoms with Gasteiger partial charge in [0, 0.05) is 11.6 Å². The molecule has 2 rings (SSSR count). The third kappa shape index (κ3) is 2.07. The standard InChI is InChI=1S/C10H12N4O2S2/c1-5(2)12-10-13-8-6(3)7(4-11)17-9(8)18(15,16)14-10/h5H,1-3H3,(H2,12,13,14). The number of nitriles is 1. The van der Waals surface area contributed by atoms with Gasteiger partial charge in [0.15, 0.2) is 4.21 Å². The molecule has 6 nitrogen and oxygen atoms in total. The van der Waals surface area contributed by atoms with E-state index in [9.17, 15) is 8.42 Å². The van der Waals surface area contributed by atoms with Crippen molar-refractivity contribution in [2.75, 3.05) is 5.32 Å². The summed E-state index contributed by atoms with van der Waals surface area (Å²) in [6.45, 7) is 5.48. The lowest BCUT2D eigenvalue weighted by atomic mass is 10.2. The summed E-state index contributed by atoms with van der Waals surface area (Å²) in [5, 5.41) is 14.8. The molecule has 8 heteroatoms. The van der Waals surface area contributed by atoms with E-state index in [4.69, 9.17) is 5.26 Å². The van der Waals surface area contributed by atoms with Gasteiger partial charge in [-0.05, 0) is 20.8 Å². The quantitative estimate of drug-likeness (QED) is 0.812. The van der Waals surface area contributed by atoms with Crippen molar-refractivity contribution in [1.82, 2.24) is 5.32 Å². The molecule has 0 aromatic carbocycles. The molecule has 18 heavy (non-hydrogen) atoms.